The lowest BCUT2D eigenvalue weighted by Crippen LogP contribution is -2.42. The average Bonchev–Trinajstić information content (AvgIpc) is 2.27. The van der Waals surface area contributed by atoms with E-state index in [1.807, 2.05) is 30.3 Å². The monoisotopic (exact) mass is 223 g/mol. The second kappa shape index (κ2) is 5.09. The summed E-state index contributed by atoms with van der Waals surface area (Å²) in [7, 11) is 0. The molecule has 0 saturated carbocycles. The number of hydrogen-bond acceptors (Lipinski definition) is 3. The highest BCUT2D eigenvalue weighted by Crippen LogP contribution is 2.18. The lowest BCUT2D eigenvalue weighted by molar-refractivity contribution is -0.139. The number of hydrogen-bond donors (Lipinski definition) is 3. The summed E-state index contributed by atoms with van der Waals surface area (Å²) in [5.41, 5.74) is -0.301. The predicted molar refractivity (Wildman–Crippen MR) is 61.1 cm³/mol. The first-order valence-electron chi connectivity index (χ1n) is 5.17. The van der Waals surface area contributed by atoms with E-state index in [1.54, 1.807) is 13.8 Å². The minimum Gasteiger partial charge on any atom is -0.480 e. The minimum atomic E-state index is -1.06. The highest BCUT2D eigenvalue weighted by molar-refractivity contribution is 5.72. The molecule has 1 aromatic rings. The summed E-state index contributed by atoms with van der Waals surface area (Å²) in [5, 5.41) is 21.6. The van der Waals surface area contributed by atoms with E-state index in [4.69, 9.17) is 5.11 Å². The second-order valence-electron chi connectivity index (χ2n) is 4.08. The Morgan fingerprint density at radius 1 is 1.44 bits per heavy atom. The van der Waals surface area contributed by atoms with Gasteiger partial charge in [-0.3, -0.25) is 4.79 Å². The molecule has 0 bridgehead atoms. The fourth-order valence-electron chi connectivity index (χ4n) is 1.34. The smallest absolute Gasteiger partial charge is 0.320 e. The average molecular weight is 223 g/mol. The van der Waals surface area contributed by atoms with E-state index in [1.165, 1.54) is 0 Å². The highest BCUT2D eigenvalue weighted by Gasteiger charge is 2.24. The third-order valence-electron chi connectivity index (χ3n) is 2.52. The molecule has 0 aliphatic heterocycles. The third kappa shape index (κ3) is 3.32. The van der Waals surface area contributed by atoms with Crippen molar-refractivity contribution < 1.29 is 15.0 Å². The van der Waals surface area contributed by atoms with Crippen LogP contribution in [0.4, 0.5) is 0 Å². The van der Waals surface area contributed by atoms with Crippen molar-refractivity contribution in [3.63, 3.8) is 0 Å². The van der Waals surface area contributed by atoms with Crippen molar-refractivity contribution in [2.24, 2.45) is 0 Å². The van der Waals surface area contributed by atoms with Gasteiger partial charge < -0.3 is 15.5 Å². The van der Waals surface area contributed by atoms with Crippen LogP contribution in [0.1, 0.15) is 19.4 Å². The molecule has 0 saturated heterocycles. The molecular weight excluding hydrogens is 206 g/mol. The van der Waals surface area contributed by atoms with Gasteiger partial charge in [-0.2, -0.15) is 0 Å². The van der Waals surface area contributed by atoms with Gasteiger partial charge in [-0.15, -0.1) is 0 Å². The SMILES string of the molecule is CC(NCC(C)(O)c1ccccc1)C(=O)O. The topological polar surface area (TPSA) is 69.6 Å². The summed E-state index contributed by atoms with van der Waals surface area (Å²) in [5.74, 6) is -0.927. The van der Waals surface area contributed by atoms with Crippen LogP contribution >= 0.6 is 0 Å². The molecule has 0 amide bonds. The highest BCUT2D eigenvalue weighted by atomic mass is 16.4. The van der Waals surface area contributed by atoms with E-state index in [-0.39, 0.29) is 6.54 Å². The Labute approximate surface area is 94.9 Å². The molecule has 3 N–H and O–H groups in total. The number of nitrogens with one attached hydrogen (secondary N) is 1. The zero-order chi connectivity index (χ0) is 12.2. The van der Waals surface area contributed by atoms with E-state index >= 15 is 0 Å². The lowest BCUT2D eigenvalue weighted by atomic mass is 9.96. The Morgan fingerprint density at radius 2 is 2.00 bits per heavy atom. The fraction of sp³-hybridized carbons (Fsp3) is 0.417. The van der Waals surface area contributed by atoms with Crippen LogP contribution in [0.25, 0.3) is 0 Å². The molecule has 0 heterocycles. The number of aliphatic hydroxyl groups is 1. The first kappa shape index (κ1) is 12.7. The van der Waals surface area contributed by atoms with Gasteiger partial charge >= 0.3 is 5.97 Å². The summed E-state index contributed by atoms with van der Waals surface area (Å²) in [6.45, 7) is 3.40. The van der Waals surface area contributed by atoms with E-state index < -0.39 is 17.6 Å². The van der Waals surface area contributed by atoms with Crippen molar-refractivity contribution in [1.82, 2.24) is 5.32 Å². The largest absolute Gasteiger partial charge is 0.480 e. The first-order valence-corrected chi connectivity index (χ1v) is 5.17. The molecule has 4 heteroatoms. The Morgan fingerprint density at radius 3 is 2.50 bits per heavy atom. The maximum absolute atomic E-state index is 10.6. The van der Waals surface area contributed by atoms with Crippen LogP contribution in [0.3, 0.4) is 0 Å². The van der Waals surface area contributed by atoms with Crippen LogP contribution in [0.15, 0.2) is 30.3 Å². The van der Waals surface area contributed by atoms with Crippen LogP contribution in [-0.4, -0.2) is 28.8 Å². The van der Waals surface area contributed by atoms with Gasteiger partial charge in [0.1, 0.15) is 6.04 Å². The molecule has 4 nitrogen and oxygen atoms in total. The zero-order valence-corrected chi connectivity index (χ0v) is 9.47. The van der Waals surface area contributed by atoms with Crippen molar-refractivity contribution in [2.45, 2.75) is 25.5 Å². The first-order chi connectivity index (χ1) is 7.43. The molecule has 1 aromatic carbocycles. The van der Waals surface area contributed by atoms with Crippen LogP contribution in [0, 0.1) is 0 Å². The van der Waals surface area contributed by atoms with Gasteiger partial charge in [-0.1, -0.05) is 30.3 Å². The van der Waals surface area contributed by atoms with Crippen molar-refractivity contribution in [1.29, 1.82) is 0 Å². The van der Waals surface area contributed by atoms with Crippen LogP contribution in [0.2, 0.25) is 0 Å². The molecule has 0 aliphatic rings. The number of rotatable bonds is 5. The number of carboxylic acid groups (broad SMARTS) is 1. The molecule has 1 rings (SSSR count). The van der Waals surface area contributed by atoms with Crippen LogP contribution in [0.5, 0.6) is 0 Å². The quantitative estimate of drug-likeness (QED) is 0.695. The molecule has 0 fully saturated rings. The van der Waals surface area contributed by atoms with Crippen molar-refractivity contribution >= 4 is 5.97 Å². The van der Waals surface area contributed by atoms with E-state index in [0.717, 1.165) is 5.56 Å². The molecule has 88 valence electrons. The Balaban J connectivity index is 2.62. The van der Waals surface area contributed by atoms with Gasteiger partial charge in [0.25, 0.3) is 0 Å². The van der Waals surface area contributed by atoms with Crippen molar-refractivity contribution in [2.75, 3.05) is 6.54 Å². The number of benzene rings is 1. The van der Waals surface area contributed by atoms with Crippen molar-refractivity contribution in [3.8, 4) is 0 Å². The molecule has 16 heavy (non-hydrogen) atoms. The van der Waals surface area contributed by atoms with Crippen LogP contribution in [-0.2, 0) is 10.4 Å². The molecule has 0 radical (unpaired) electrons. The second-order valence-corrected chi connectivity index (χ2v) is 4.08. The van der Waals surface area contributed by atoms with Crippen LogP contribution < -0.4 is 5.32 Å². The predicted octanol–water partition coefficient (Wildman–Crippen LogP) is 0.957. The van der Waals surface area contributed by atoms with Gasteiger partial charge in [0.15, 0.2) is 0 Å². The lowest BCUT2D eigenvalue weighted by Gasteiger charge is -2.25. The summed E-state index contributed by atoms with van der Waals surface area (Å²) >= 11 is 0. The normalized spacial score (nSPS) is 16.4. The van der Waals surface area contributed by atoms with Gasteiger partial charge in [-0.25, -0.2) is 0 Å². The molecule has 0 spiro atoms. The van der Waals surface area contributed by atoms with E-state index in [2.05, 4.69) is 5.32 Å². The summed E-state index contributed by atoms with van der Waals surface area (Å²) < 4.78 is 0. The van der Waals surface area contributed by atoms with E-state index in [9.17, 15) is 9.90 Å². The molecular formula is C12H17NO3. The molecule has 2 atom stereocenters. The van der Waals surface area contributed by atoms with E-state index in [0.29, 0.717) is 0 Å². The zero-order valence-electron chi connectivity index (χ0n) is 9.47. The van der Waals surface area contributed by atoms with Gasteiger partial charge in [0.05, 0.1) is 5.60 Å². The standard InChI is InChI=1S/C12H17NO3/c1-9(11(14)15)13-8-12(2,16)10-6-4-3-5-7-10/h3-7,9,13,16H,8H2,1-2H3,(H,14,15). The molecule has 0 aliphatic carbocycles. The van der Waals surface area contributed by atoms with Gasteiger partial charge in [0, 0.05) is 6.54 Å². The summed E-state index contributed by atoms with van der Waals surface area (Å²) in [6, 6.07) is 8.50. The van der Waals surface area contributed by atoms with Gasteiger partial charge in [0.2, 0.25) is 0 Å². The molecule has 0 aromatic heterocycles. The fourth-order valence-corrected chi connectivity index (χ4v) is 1.34. The Hall–Kier alpha value is -1.39. The molecule has 2 unspecified atom stereocenters. The number of carbonyl (C=O) groups is 1. The Bertz CT molecular complexity index is 349. The summed E-state index contributed by atoms with van der Waals surface area (Å²) in [6.07, 6.45) is 0. The van der Waals surface area contributed by atoms with Crippen molar-refractivity contribution in [3.05, 3.63) is 35.9 Å². The number of aliphatic carboxylic acids is 1. The third-order valence-corrected chi connectivity index (χ3v) is 2.52. The number of carboxylic acids is 1. The Kier molecular flexibility index (Phi) is 4.04. The maximum Gasteiger partial charge on any atom is 0.320 e. The van der Waals surface area contributed by atoms with Gasteiger partial charge in [-0.05, 0) is 19.4 Å². The minimum absolute atomic E-state index is 0.199. The maximum atomic E-state index is 10.6. The summed E-state index contributed by atoms with van der Waals surface area (Å²) in [4.78, 5) is 10.6.